The van der Waals surface area contributed by atoms with Crippen LogP contribution in [-0.2, 0) is 9.59 Å². The van der Waals surface area contributed by atoms with Crippen LogP contribution >= 0.6 is 23.1 Å². The molecule has 2 aliphatic carbocycles. The van der Waals surface area contributed by atoms with E-state index in [2.05, 4.69) is 4.98 Å². The van der Waals surface area contributed by atoms with Crippen molar-refractivity contribution in [3.05, 3.63) is 68.6 Å². The third-order valence-electron chi connectivity index (χ3n) is 8.51. The first-order valence-corrected chi connectivity index (χ1v) is 13.8. The molecule has 2 saturated carbocycles. The van der Waals surface area contributed by atoms with Crippen LogP contribution < -0.4 is 19.2 Å². The lowest BCUT2D eigenvalue weighted by Gasteiger charge is -2.43. The molecule has 0 spiro atoms. The number of carbonyl (C=O) groups is 2. The zero-order valence-electron chi connectivity index (χ0n) is 19.7. The highest BCUT2D eigenvalue weighted by Gasteiger charge is 2.69. The number of methoxy groups -OCH3 is 2. The van der Waals surface area contributed by atoms with E-state index in [1.165, 1.54) is 16.2 Å². The summed E-state index contributed by atoms with van der Waals surface area (Å²) in [6.07, 6.45) is 0.862. The maximum absolute atomic E-state index is 13.7. The molecule has 3 aromatic rings. The van der Waals surface area contributed by atoms with Crippen LogP contribution in [0.3, 0.4) is 0 Å². The maximum atomic E-state index is 13.7. The van der Waals surface area contributed by atoms with Crippen molar-refractivity contribution in [3.8, 4) is 11.5 Å². The number of rotatable bonds is 4. The van der Waals surface area contributed by atoms with Crippen molar-refractivity contribution in [2.45, 2.75) is 22.6 Å². The molecule has 3 heterocycles. The van der Waals surface area contributed by atoms with E-state index in [-0.39, 0.29) is 57.4 Å². The van der Waals surface area contributed by atoms with E-state index in [0.717, 1.165) is 21.9 Å². The van der Waals surface area contributed by atoms with Crippen molar-refractivity contribution < 1.29 is 19.1 Å². The minimum Gasteiger partial charge on any atom is -0.493 e. The molecule has 2 aliphatic heterocycles. The number of thioether (sulfide) groups is 1. The molecule has 2 aromatic carbocycles. The number of nitrogens with one attached hydrogen (secondary N) is 1. The average Bonchev–Trinajstić information content (AvgIpc) is 3.62. The lowest BCUT2D eigenvalue weighted by Crippen LogP contribution is -2.42. The van der Waals surface area contributed by atoms with E-state index in [1.54, 1.807) is 26.0 Å². The Morgan fingerprint density at radius 3 is 2.36 bits per heavy atom. The number of aromatic nitrogens is 1. The van der Waals surface area contributed by atoms with Gasteiger partial charge in [0.1, 0.15) is 0 Å². The number of ether oxygens (including phenoxy) is 2. The number of thiazole rings is 1. The molecule has 4 aliphatic rings. The van der Waals surface area contributed by atoms with Crippen LogP contribution in [0.1, 0.15) is 22.8 Å². The number of hydrogen-bond acceptors (Lipinski definition) is 7. The number of amides is 2. The monoisotopic (exact) mass is 520 g/mol. The number of imide groups is 1. The number of hydrogen-bond donors (Lipinski definition) is 1. The van der Waals surface area contributed by atoms with Crippen molar-refractivity contribution >= 4 is 40.6 Å². The van der Waals surface area contributed by atoms with E-state index in [1.807, 2.05) is 48.5 Å². The van der Waals surface area contributed by atoms with E-state index < -0.39 is 0 Å². The van der Waals surface area contributed by atoms with Gasteiger partial charge in [0.05, 0.1) is 36.8 Å². The molecule has 2 bridgehead atoms. The predicted octanol–water partition coefficient (Wildman–Crippen LogP) is 4.13. The van der Waals surface area contributed by atoms with Crippen molar-refractivity contribution in [2.75, 3.05) is 19.1 Å². The summed E-state index contributed by atoms with van der Waals surface area (Å²) in [5.74, 6) is 0.780. The molecule has 3 fully saturated rings. The van der Waals surface area contributed by atoms with E-state index in [0.29, 0.717) is 17.2 Å². The number of nitrogens with zero attached hydrogens (tertiary/aromatic N) is 1. The van der Waals surface area contributed by atoms with Crippen LogP contribution in [0, 0.1) is 29.6 Å². The second kappa shape index (κ2) is 7.98. The molecule has 1 saturated heterocycles. The SMILES string of the molecule is COc1ccc([C@H]2c3sc(=O)[nH]c3S[C@@H]3[C@@H]4C[C@H]([C@H]5C(=O)N(c6ccccc6)C(=O)[C@H]45)[C@H]23)cc1OC. The molecule has 7 rings (SSSR count). The fourth-order valence-corrected chi connectivity index (χ4v) is 10.2. The molecule has 7 nitrogen and oxygen atoms in total. The van der Waals surface area contributed by atoms with Crippen molar-refractivity contribution in [1.82, 2.24) is 4.98 Å². The molecule has 2 amide bonds. The Labute approximate surface area is 215 Å². The highest BCUT2D eigenvalue weighted by Crippen LogP contribution is 2.68. The largest absolute Gasteiger partial charge is 0.493 e. The third-order valence-corrected chi connectivity index (χ3v) is 11.1. The lowest BCUT2D eigenvalue weighted by molar-refractivity contribution is -0.123. The standard InChI is InChI=1S/C27H24N2O5S2/c1-33-16-9-8-12(10-17(16)34-2)18-19-14-11-15(22(19)35-24-23(18)36-27(32)28-24)21-20(14)25(30)29(26(21)31)13-6-4-3-5-7-13/h3-10,14-15,18-22H,11H2,1-2H3,(H,28,32)/t14-,15+,18+,19+,20+,21+,22+/m0/s1. The summed E-state index contributed by atoms with van der Waals surface area (Å²) in [5, 5.41) is 1.05. The molecule has 0 radical (unpaired) electrons. The molecule has 0 unspecified atom stereocenters. The van der Waals surface area contributed by atoms with E-state index in [4.69, 9.17) is 9.47 Å². The summed E-state index contributed by atoms with van der Waals surface area (Å²) in [6.45, 7) is 0. The molecule has 9 heteroatoms. The van der Waals surface area contributed by atoms with Gasteiger partial charge in [0.25, 0.3) is 0 Å². The highest BCUT2D eigenvalue weighted by atomic mass is 32.2. The average molecular weight is 521 g/mol. The van der Waals surface area contributed by atoms with Crippen LogP contribution in [0.25, 0.3) is 0 Å². The summed E-state index contributed by atoms with van der Waals surface area (Å²) in [7, 11) is 3.22. The number of fused-ring (bicyclic) bond motifs is 9. The Balaban J connectivity index is 1.34. The molecule has 7 atom stereocenters. The number of para-hydroxylation sites is 1. The normalized spacial score (nSPS) is 31.8. The van der Waals surface area contributed by atoms with Gasteiger partial charge in [0, 0.05) is 16.0 Å². The Morgan fingerprint density at radius 2 is 1.64 bits per heavy atom. The zero-order valence-corrected chi connectivity index (χ0v) is 21.3. The van der Waals surface area contributed by atoms with Gasteiger partial charge in [0.2, 0.25) is 11.8 Å². The van der Waals surface area contributed by atoms with Gasteiger partial charge in [-0.2, -0.15) is 0 Å². The summed E-state index contributed by atoms with van der Waals surface area (Å²) >= 11 is 2.94. The van der Waals surface area contributed by atoms with Crippen LogP contribution in [0.2, 0.25) is 0 Å². The fraction of sp³-hybridized carbons (Fsp3) is 0.370. The Hall–Kier alpha value is -3.04. The quantitative estimate of drug-likeness (QED) is 0.521. The smallest absolute Gasteiger partial charge is 0.305 e. The summed E-state index contributed by atoms with van der Waals surface area (Å²) in [5.41, 5.74) is 1.69. The van der Waals surface area contributed by atoms with Gasteiger partial charge in [-0.3, -0.25) is 19.3 Å². The number of anilines is 1. The zero-order chi connectivity index (χ0) is 24.7. The topological polar surface area (TPSA) is 88.7 Å². The van der Waals surface area contributed by atoms with Gasteiger partial charge in [-0.25, -0.2) is 0 Å². The lowest BCUT2D eigenvalue weighted by atomic mass is 9.68. The molecule has 36 heavy (non-hydrogen) atoms. The first kappa shape index (κ1) is 22.2. The first-order chi connectivity index (χ1) is 17.5. The van der Waals surface area contributed by atoms with Crippen LogP contribution in [0.5, 0.6) is 11.5 Å². The Kier molecular flexibility index (Phi) is 4.92. The van der Waals surface area contributed by atoms with Crippen molar-refractivity contribution in [1.29, 1.82) is 0 Å². The third kappa shape index (κ3) is 2.90. The van der Waals surface area contributed by atoms with Crippen LogP contribution in [0.4, 0.5) is 5.69 Å². The predicted molar refractivity (Wildman–Crippen MR) is 137 cm³/mol. The van der Waals surface area contributed by atoms with Crippen molar-refractivity contribution in [3.63, 3.8) is 0 Å². The number of H-pyrrole nitrogens is 1. The minimum absolute atomic E-state index is 0.0559. The van der Waals surface area contributed by atoms with Crippen LogP contribution in [-0.4, -0.2) is 36.3 Å². The van der Waals surface area contributed by atoms with Gasteiger partial charge in [0.15, 0.2) is 11.5 Å². The van der Waals surface area contributed by atoms with E-state index in [9.17, 15) is 14.4 Å². The molecule has 1 aromatic heterocycles. The van der Waals surface area contributed by atoms with Crippen LogP contribution in [0.15, 0.2) is 58.4 Å². The summed E-state index contributed by atoms with van der Waals surface area (Å²) in [6, 6.07) is 15.2. The molecule has 184 valence electrons. The van der Waals surface area contributed by atoms with Gasteiger partial charge >= 0.3 is 4.87 Å². The van der Waals surface area contributed by atoms with Gasteiger partial charge in [-0.15, -0.1) is 11.8 Å². The Bertz CT molecular complexity index is 1450. The minimum atomic E-state index is -0.315. The molecule has 1 N–H and O–H groups in total. The van der Waals surface area contributed by atoms with Crippen molar-refractivity contribution in [2.24, 2.45) is 29.6 Å². The van der Waals surface area contributed by atoms with Gasteiger partial charge in [-0.05, 0) is 54.0 Å². The molecular weight excluding hydrogens is 496 g/mol. The number of carbonyl (C=O) groups excluding carboxylic acids is 2. The summed E-state index contributed by atoms with van der Waals surface area (Å²) < 4.78 is 11.1. The van der Waals surface area contributed by atoms with Gasteiger partial charge in [-0.1, -0.05) is 35.6 Å². The fourth-order valence-electron chi connectivity index (χ4n) is 7.27. The van der Waals surface area contributed by atoms with Gasteiger partial charge < -0.3 is 14.5 Å². The Morgan fingerprint density at radius 1 is 0.917 bits per heavy atom. The second-order valence-corrected chi connectivity index (χ2v) is 12.1. The second-order valence-electron chi connectivity index (χ2n) is 9.92. The maximum Gasteiger partial charge on any atom is 0.305 e. The van der Waals surface area contributed by atoms with E-state index >= 15 is 0 Å². The summed E-state index contributed by atoms with van der Waals surface area (Å²) in [4.78, 5) is 45.2. The number of benzene rings is 2. The number of aromatic amines is 1. The first-order valence-electron chi connectivity index (χ1n) is 12.1. The molecular formula is C27H24N2O5S2. The highest BCUT2D eigenvalue weighted by molar-refractivity contribution is 8.00.